The van der Waals surface area contributed by atoms with Crippen LogP contribution in [0.4, 0.5) is 0 Å². The fourth-order valence-corrected chi connectivity index (χ4v) is 4.09. The highest BCUT2D eigenvalue weighted by molar-refractivity contribution is 5.97. The molecule has 0 radical (unpaired) electrons. The van der Waals surface area contributed by atoms with Crippen molar-refractivity contribution in [3.05, 3.63) is 0 Å². The molecule has 0 aromatic carbocycles. The maximum atomic E-state index is 12.8. The number of likely N-dealkylation sites (tertiary alicyclic amines) is 1. The lowest BCUT2D eigenvalue weighted by atomic mass is 9.94. The van der Waals surface area contributed by atoms with Crippen LogP contribution < -0.4 is 0 Å². The van der Waals surface area contributed by atoms with E-state index in [1.165, 1.54) is 0 Å². The van der Waals surface area contributed by atoms with Gasteiger partial charge in [0.15, 0.2) is 0 Å². The zero-order valence-electron chi connectivity index (χ0n) is 13.3. The quantitative estimate of drug-likeness (QED) is 0.778. The van der Waals surface area contributed by atoms with Crippen LogP contribution in [0.1, 0.15) is 39.0 Å². The van der Waals surface area contributed by atoms with Crippen molar-refractivity contribution in [2.45, 2.75) is 51.1 Å². The predicted octanol–water partition coefficient (Wildman–Crippen LogP) is 0.940. The van der Waals surface area contributed by atoms with E-state index >= 15 is 0 Å². The molecule has 0 aromatic heterocycles. The first-order valence-electron chi connectivity index (χ1n) is 8.41. The van der Waals surface area contributed by atoms with Crippen LogP contribution >= 0.6 is 0 Å². The molecule has 0 spiro atoms. The number of carbonyl (C=O) groups excluding carboxylic acids is 2. The van der Waals surface area contributed by atoms with Crippen LogP contribution in [0.25, 0.3) is 0 Å². The lowest BCUT2D eigenvalue weighted by molar-refractivity contribution is -0.160. The van der Waals surface area contributed by atoms with Crippen molar-refractivity contribution >= 4 is 11.8 Å². The van der Waals surface area contributed by atoms with Gasteiger partial charge in [0.1, 0.15) is 12.1 Å². The summed E-state index contributed by atoms with van der Waals surface area (Å²) < 4.78 is 0. The van der Waals surface area contributed by atoms with Crippen LogP contribution in [0.5, 0.6) is 0 Å². The Bertz CT molecular complexity index is 418. The van der Waals surface area contributed by atoms with Gasteiger partial charge in [-0.25, -0.2) is 0 Å². The minimum absolute atomic E-state index is 0.161. The van der Waals surface area contributed by atoms with Crippen molar-refractivity contribution in [1.29, 1.82) is 0 Å². The summed E-state index contributed by atoms with van der Waals surface area (Å²) in [4.78, 5) is 31.5. The Balaban J connectivity index is 1.72. The zero-order chi connectivity index (χ0) is 15.0. The molecule has 0 saturated carbocycles. The molecule has 3 heterocycles. The molecule has 3 aliphatic heterocycles. The van der Waals surface area contributed by atoms with Crippen molar-refractivity contribution in [3.8, 4) is 0 Å². The van der Waals surface area contributed by atoms with E-state index in [1.54, 1.807) is 0 Å². The van der Waals surface area contributed by atoms with Gasteiger partial charge in [-0.2, -0.15) is 0 Å². The lowest BCUT2D eigenvalue weighted by Crippen LogP contribution is -2.63. The summed E-state index contributed by atoms with van der Waals surface area (Å²) in [5.74, 6) is 0.949. The van der Waals surface area contributed by atoms with E-state index in [4.69, 9.17) is 0 Å². The van der Waals surface area contributed by atoms with E-state index in [-0.39, 0.29) is 23.9 Å². The summed E-state index contributed by atoms with van der Waals surface area (Å²) in [7, 11) is 2.15. The monoisotopic (exact) mass is 293 g/mol. The average Bonchev–Trinajstić information content (AvgIpc) is 2.97. The van der Waals surface area contributed by atoms with Gasteiger partial charge in [-0.15, -0.1) is 0 Å². The van der Waals surface area contributed by atoms with E-state index in [0.717, 1.165) is 58.3 Å². The molecule has 2 amide bonds. The number of piperazine rings is 1. The van der Waals surface area contributed by atoms with Gasteiger partial charge < -0.3 is 14.7 Å². The van der Waals surface area contributed by atoms with Crippen LogP contribution in [0.15, 0.2) is 0 Å². The van der Waals surface area contributed by atoms with E-state index < -0.39 is 0 Å². The van der Waals surface area contributed by atoms with Crippen molar-refractivity contribution in [1.82, 2.24) is 14.7 Å². The van der Waals surface area contributed by atoms with E-state index in [9.17, 15) is 9.59 Å². The second-order valence-corrected chi connectivity index (χ2v) is 6.85. The fourth-order valence-electron chi connectivity index (χ4n) is 4.09. The molecule has 2 atom stereocenters. The number of rotatable bonds is 3. The summed E-state index contributed by atoms with van der Waals surface area (Å²) >= 11 is 0. The second kappa shape index (κ2) is 5.95. The van der Waals surface area contributed by atoms with Crippen LogP contribution in [-0.2, 0) is 9.59 Å². The summed E-state index contributed by atoms with van der Waals surface area (Å²) in [6.07, 6.45) is 4.84. The number of hydrogen-bond acceptors (Lipinski definition) is 3. The molecule has 3 rings (SSSR count). The molecule has 0 N–H and O–H groups in total. The Morgan fingerprint density at radius 1 is 1.05 bits per heavy atom. The van der Waals surface area contributed by atoms with Gasteiger partial charge in [-0.3, -0.25) is 9.59 Å². The third-order valence-electron chi connectivity index (χ3n) is 5.45. The first-order chi connectivity index (χ1) is 10.1. The third kappa shape index (κ3) is 2.68. The second-order valence-electron chi connectivity index (χ2n) is 6.85. The van der Waals surface area contributed by atoms with Gasteiger partial charge in [-0.05, 0) is 58.2 Å². The van der Waals surface area contributed by atoms with Gasteiger partial charge in [0.05, 0.1) is 0 Å². The Morgan fingerprint density at radius 3 is 2.43 bits per heavy atom. The molecule has 2 unspecified atom stereocenters. The maximum absolute atomic E-state index is 12.8. The van der Waals surface area contributed by atoms with Crippen molar-refractivity contribution in [2.24, 2.45) is 5.92 Å². The number of hydrogen-bond donors (Lipinski definition) is 0. The van der Waals surface area contributed by atoms with E-state index in [1.807, 2.05) is 16.7 Å². The molecule has 21 heavy (non-hydrogen) atoms. The van der Waals surface area contributed by atoms with Gasteiger partial charge in [-0.1, -0.05) is 6.92 Å². The van der Waals surface area contributed by atoms with Gasteiger partial charge in [0.25, 0.3) is 0 Å². The minimum atomic E-state index is -0.216. The van der Waals surface area contributed by atoms with Gasteiger partial charge >= 0.3 is 0 Å². The summed E-state index contributed by atoms with van der Waals surface area (Å²) in [6.45, 7) is 5.78. The smallest absolute Gasteiger partial charge is 0.246 e. The van der Waals surface area contributed by atoms with Crippen LogP contribution in [0.2, 0.25) is 0 Å². The van der Waals surface area contributed by atoms with Gasteiger partial charge in [0.2, 0.25) is 11.8 Å². The van der Waals surface area contributed by atoms with Crippen LogP contribution in [0.3, 0.4) is 0 Å². The summed E-state index contributed by atoms with van der Waals surface area (Å²) in [6, 6.07) is -0.377. The topological polar surface area (TPSA) is 43.9 Å². The normalized spacial score (nSPS) is 31.9. The largest absolute Gasteiger partial charge is 0.329 e. The molecule has 118 valence electrons. The Kier molecular flexibility index (Phi) is 4.20. The standard InChI is InChI=1S/C16H27N3O2/c1-3-13-15(20)18-8-4-5-14(18)16(21)19(13)11-12-6-9-17(2)10-7-12/h12-14H,3-11H2,1-2H3. The Morgan fingerprint density at radius 2 is 1.76 bits per heavy atom. The first-order valence-corrected chi connectivity index (χ1v) is 8.41. The molecule has 0 aromatic rings. The number of carbonyl (C=O) groups is 2. The molecule has 0 aliphatic carbocycles. The molecule has 3 fully saturated rings. The molecular formula is C16H27N3O2. The Hall–Kier alpha value is -1.10. The molecule has 5 nitrogen and oxygen atoms in total. The Labute approximate surface area is 127 Å². The highest BCUT2D eigenvalue weighted by Crippen LogP contribution is 2.30. The predicted molar refractivity (Wildman–Crippen MR) is 80.7 cm³/mol. The van der Waals surface area contributed by atoms with Crippen LogP contribution in [-0.4, -0.2) is 71.8 Å². The highest BCUT2D eigenvalue weighted by atomic mass is 16.2. The average molecular weight is 293 g/mol. The SMILES string of the molecule is CCC1C(=O)N2CCCC2C(=O)N1CC1CCN(C)CC1. The maximum Gasteiger partial charge on any atom is 0.246 e. The number of piperidine rings is 1. The van der Waals surface area contributed by atoms with Crippen molar-refractivity contribution < 1.29 is 9.59 Å². The van der Waals surface area contributed by atoms with E-state index in [0.29, 0.717) is 5.92 Å². The highest BCUT2D eigenvalue weighted by Gasteiger charge is 2.47. The molecule has 3 aliphatic rings. The summed E-state index contributed by atoms with van der Waals surface area (Å²) in [5, 5.41) is 0. The zero-order valence-corrected chi connectivity index (χ0v) is 13.3. The number of fused-ring (bicyclic) bond motifs is 1. The van der Waals surface area contributed by atoms with Crippen LogP contribution in [0, 0.1) is 5.92 Å². The fraction of sp³-hybridized carbons (Fsp3) is 0.875. The molecule has 0 bridgehead atoms. The molecular weight excluding hydrogens is 266 g/mol. The van der Waals surface area contributed by atoms with Gasteiger partial charge in [0, 0.05) is 13.1 Å². The summed E-state index contributed by atoms with van der Waals surface area (Å²) in [5.41, 5.74) is 0. The van der Waals surface area contributed by atoms with Crippen molar-refractivity contribution in [3.63, 3.8) is 0 Å². The lowest BCUT2D eigenvalue weighted by Gasteiger charge is -2.44. The number of amides is 2. The van der Waals surface area contributed by atoms with Crippen molar-refractivity contribution in [2.75, 3.05) is 33.2 Å². The molecule has 5 heteroatoms. The molecule has 3 saturated heterocycles. The number of nitrogens with zero attached hydrogens (tertiary/aromatic N) is 3. The minimum Gasteiger partial charge on any atom is -0.329 e. The van der Waals surface area contributed by atoms with E-state index in [2.05, 4.69) is 11.9 Å². The third-order valence-corrected chi connectivity index (χ3v) is 5.45. The first kappa shape index (κ1) is 14.8.